The Kier molecular flexibility index (Phi) is 2.91. The summed E-state index contributed by atoms with van der Waals surface area (Å²) in [7, 11) is -3.42. The molecule has 0 amide bonds. The number of nitriles is 1. The molecule has 1 aliphatic heterocycles. The predicted molar refractivity (Wildman–Crippen MR) is 48.4 cm³/mol. The number of nitrogens with zero attached hydrogens (tertiary/aromatic N) is 1. The Morgan fingerprint density at radius 1 is 1.69 bits per heavy atom. The Hall–Kier alpha value is -0.640. The minimum Gasteiger partial charge on any atom is -0.315 e. The van der Waals surface area contributed by atoms with Crippen LogP contribution in [0.15, 0.2) is 0 Å². The second kappa shape index (κ2) is 3.62. The van der Waals surface area contributed by atoms with Gasteiger partial charge >= 0.3 is 0 Å². The van der Waals surface area contributed by atoms with Gasteiger partial charge in [0.2, 0.25) is 10.0 Å². The Bertz CT molecular complexity index is 311. The molecule has 0 aromatic heterocycles. The summed E-state index contributed by atoms with van der Waals surface area (Å²) in [5.41, 5.74) is -0.421. The molecule has 0 spiro atoms. The third-order valence-corrected chi connectivity index (χ3v) is 3.34. The monoisotopic (exact) mass is 203 g/mol. The van der Waals surface area contributed by atoms with E-state index in [1.165, 1.54) is 0 Å². The van der Waals surface area contributed by atoms with Gasteiger partial charge in [0, 0.05) is 12.1 Å². The minimum atomic E-state index is -3.42. The van der Waals surface area contributed by atoms with Gasteiger partial charge in [0.25, 0.3) is 0 Å². The highest BCUT2D eigenvalue weighted by molar-refractivity contribution is 7.89. The lowest BCUT2D eigenvalue weighted by molar-refractivity contribution is 0.453. The van der Waals surface area contributed by atoms with Crippen LogP contribution in [0, 0.1) is 11.3 Å². The third kappa shape index (κ3) is 2.95. The van der Waals surface area contributed by atoms with Gasteiger partial charge in [0.15, 0.2) is 5.75 Å². The fourth-order valence-electron chi connectivity index (χ4n) is 1.40. The van der Waals surface area contributed by atoms with Gasteiger partial charge in [-0.25, -0.2) is 13.1 Å². The summed E-state index contributed by atoms with van der Waals surface area (Å²) < 4.78 is 25.0. The molecule has 2 N–H and O–H groups in total. The Morgan fingerprint density at radius 3 is 2.85 bits per heavy atom. The van der Waals surface area contributed by atoms with E-state index >= 15 is 0 Å². The molecule has 1 unspecified atom stereocenters. The first-order valence-electron chi connectivity index (χ1n) is 4.07. The molecule has 6 heteroatoms. The molecular formula is C7H13N3O2S. The number of hydrogen-bond donors (Lipinski definition) is 2. The summed E-state index contributed by atoms with van der Waals surface area (Å²) in [6, 6.07) is 1.63. The third-order valence-electron chi connectivity index (χ3n) is 2.03. The molecule has 0 aromatic rings. The van der Waals surface area contributed by atoms with Crippen molar-refractivity contribution < 1.29 is 8.42 Å². The molecule has 1 rings (SSSR count). The summed E-state index contributed by atoms with van der Waals surface area (Å²) >= 11 is 0. The van der Waals surface area contributed by atoms with E-state index in [4.69, 9.17) is 5.26 Å². The van der Waals surface area contributed by atoms with Crippen molar-refractivity contribution in [3.63, 3.8) is 0 Å². The quantitative estimate of drug-likeness (QED) is 0.628. The van der Waals surface area contributed by atoms with Crippen molar-refractivity contribution in [3.05, 3.63) is 0 Å². The van der Waals surface area contributed by atoms with E-state index in [0.29, 0.717) is 6.54 Å². The lowest BCUT2D eigenvalue weighted by Crippen LogP contribution is -2.48. The van der Waals surface area contributed by atoms with Crippen LogP contribution >= 0.6 is 0 Å². The van der Waals surface area contributed by atoms with Crippen molar-refractivity contribution >= 4 is 10.0 Å². The Labute approximate surface area is 78.2 Å². The molecule has 74 valence electrons. The molecule has 0 aromatic carbocycles. The molecule has 1 fully saturated rings. The molecule has 1 saturated heterocycles. The van der Waals surface area contributed by atoms with Gasteiger partial charge in [-0.2, -0.15) is 5.26 Å². The normalized spacial score (nSPS) is 28.6. The fraction of sp³-hybridized carbons (Fsp3) is 0.857. The number of nitrogens with one attached hydrogen (secondary N) is 2. The summed E-state index contributed by atoms with van der Waals surface area (Å²) in [6.07, 6.45) is 0.762. The molecule has 1 atom stereocenters. The van der Waals surface area contributed by atoms with E-state index < -0.39 is 21.3 Å². The summed E-state index contributed by atoms with van der Waals surface area (Å²) in [5, 5.41) is 11.3. The van der Waals surface area contributed by atoms with Crippen LogP contribution < -0.4 is 10.0 Å². The molecule has 0 radical (unpaired) electrons. The molecule has 1 heterocycles. The van der Waals surface area contributed by atoms with Crippen LogP contribution in [0.2, 0.25) is 0 Å². The molecule has 0 bridgehead atoms. The van der Waals surface area contributed by atoms with E-state index in [2.05, 4.69) is 10.0 Å². The molecular weight excluding hydrogens is 190 g/mol. The van der Waals surface area contributed by atoms with Gasteiger partial charge in [-0.15, -0.1) is 0 Å². The molecule has 5 nitrogen and oxygen atoms in total. The van der Waals surface area contributed by atoms with Crippen molar-refractivity contribution in [3.8, 4) is 6.07 Å². The molecule has 0 saturated carbocycles. The first-order chi connectivity index (χ1) is 5.97. The highest BCUT2D eigenvalue weighted by atomic mass is 32.2. The fourth-order valence-corrected chi connectivity index (χ4v) is 2.57. The van der Waals surface area contributed by atoms with Crippen LogP contribution in [0.25, 0.3) is 0 Å². The lowest BCUT2D eigenvalue weighted by atomic mass is 10.0. The number of hydrogen-bond acceptors (Lipinski definition) is 4. The second-order valence-corrected chi connectivity index (χ2v) is 5.23. The smallest absolute Gasteiger partial charge is 0.225 e. The maximum Gasteiger partial charge on any atom is 0.225 e. The zero-order valence-electron chi connectivity index (χ0n) is 7.50. The van der Waals surface area contributed by atoms with Crippen molar-refractivity contribution in [2.45, 2.75) is 18.9 Å². The van der Waals surface area contributed by atoms with E-state index in [1.807, 2.05) is 6.92 Å². The van der Waals surface area contributed by atoms with Crippen molar-refractivity contribution in [2.24, 2.45) is 0 Å². The van der Waals surface area contributed by atoms with Crippen molar-refractivity contribution in [1.29, 1.82) is 5.26 Å². The lowest BCUT2D eigenvalue weighted by Gasteiger charge is -2.23. The highest BCUT2D eigenvalue weighted by Crippen LogP contribution is 2.14. The zero-order valence-corrected chi connectivity index (χ0v) is 8.32. The maximum atomic E-state index is 11.2. The largest absolute Gasteiger partial charge is 0.315 e. The summed E-state index contributed by atoms with van der Waals surface area (Å²) in [6.45, 7) is 3.27. The predicted octanol–water partition coefficient (Wildman–Crippen LogP) is -0.819. The molecule has 1 aliphatic rings. The van der Waals surface area contributed by atoms with Crippen LogP contribution in [0.4, 0.5) is 0 Å². The number of rotatable bonds is 3. The van der Waals surface area contributed by atoms with Crippen LogP contribution in [-0.4, -0.2) is 32.8 Å². The molecule has 0 aliphatic carbocycles. The Balaban J connectivity index is 2.63. The summed E-state index contributed by atoms with van der Waals surface area (Å²) in [5.74, 6) is -0.470. The standard InChI is InChI=1S/C7H13N3O2S/c1-7(2-4-9-6-7)10-13(11,12)5-3-8/h9-10H,2,4-6H2,1H3. The van der Waals surface area contributed by atoms with Gasteiger partial charge in [0.05, 0.1) is 6.07 Å². The van der Waals surface area contributed by atoms with E-state index in [9.17, 15) is 8.42 Å². The summed E-state index contributed by atoms with van der Waals surface area (Å²) in [4.78, 5) is 0. The number of sulfonamides is 1. The van der Waals surface area contributed by atoms with E-state index in [1.54, 1.807) is 6.07 Å². The average molecular weight is 203 g/mol. The van der Waals surface area contributed by atoms with Gasteiger partial charge in [-0.05, 0) is 19.9 Å². The second-order valence-electron chi connectivity index (χ2n) is 3.51. The first-order valence-corrected chi connectivity index (χ1v) is 5.72. The molecule has 13 heavy (non-hydrogen) atoms. The van der Waals surface area contributed by atoms with E-state index in [-0.39, 0.29) is 0 Å². The van der Waals surface area contributed by atoms with Crippen LogP contribution in [0.5, 0.6) is 0 Å². The topological polar surface area (TPSA) is 82.0 Å². The van der Waals surface area contributed by atoms with Crippen molar-refractivity contribution in [1.82, 2.24) is 10.0 Å². The van der Waals surface area contributed by atoms with Crippen LogP contribution in [0.1, 0.15) is 13.3 Å². The first kappa shape index (κ1) is 10.4. The van der Waals surface area contributed by atoms with Gasteiger partial charge in [-0.3, -0.25) is 0 Å². The van der Waals surface area contributed by atoms with Gasteiger partial charge < -0.3 is 5.32 Å². The van der Waals surface area contributed by atoms with Crippen molar-refractivity contribution in [2.75, 3.05) is 18.8 Å². The minimum absolute atomic E-state index is 0.421. The van der Waals surface area contributed by atoms with E-state index in [0.717, 1.165) is 13.0 Å². The van der Waals surface area contributed by atoms with Gasteiger partial charge in [-0.1, -0.05) is 0 Å². The average Bonchev–Trinajstić information content (AvgIpc) is 2.33. The van der Waals surface area contributed by atoms with Crippen LogP contribution in [0.3, 0.4) is 0 Å². The van der Waals surface area contributed by atoms with Crippen LogP contribution in [-0.2, 0) is 10.0 Å². The van der Waals surface area contributed by atoms with Gasteiger partial charge in [0.1, 0.15) is 0 Å². The zero-order chi connectivity index (χ0) is 9.95. The SMILES string of the molecule is CC1(NS(=O)(=O)CC#N)CCNC1. The maximum absolute atomic E-state index is 11.2. The Morgan fingerprint density at radius 2 is 2.38 bits per heavy atom. The highest BCUT2D eigenvalue weighted by Gasteiger charge is 2.32.